The molecule has 1 N–H and O–H groups in total. The molecule has 0 atom stereocenters. The Kier molecular flexibility index (Phi) is 5.09. The van der Waals surface area contributed by atoms with E-state index in [4.69, 9.17) is 14.1 Å². The fourth-order valence-electron chi connectivity index (χ4n) is 4.05. The van der Waals surface area contributed by atoms with Gasteiger partial charge in [-0.3, -0.25) is 0 Å². The Hall–Kier alpha value is -4.13. The van der Waals surface area contributed by atoms with Gasteiger partial charge in [0.05, 0.1) is 29.6 Å². The first-order chi connectivity index (χ1) is 15.9. The highest BCUT2D eigenvalue weighted by molar-refractivity contribution is 5.94. The molecule has 3 aromatic carbocycles. The van der Waals surface area contributed by atoms with E-state index in [1.54, 1.807) is 19.2 Å². The summed E-state index contributed by atoms with van der Waals surface area (Å²) in [6.45, 7) is 3.94. The topological polar surface area (TPSA) is 65.1 Å². The van der Waals surface area contributed by atoms with Gasteiger partial charge in [0.1, 0.15) is 22.9 Å². The van der Waals surface area contributed by atoms with Gasteiger partial charge in [-0.25, -0.2) is 14.4 Å². The number of nitrogens with one attached hydrogen (secondary N) is 1. The van der Waals surface area contributed by atoms with Gasteiger partial charge in [-0.2, -0.15) is 0 Å². The molecule has 2 aromatic heterocycles. The molecular weight excluding hydrogens is 419 g/mol. The zero-order valence-corrected chi connectivity index (χ0v) is 18.8. The lowest BCUT2D eigenvalue weighted by atomic mass is 10.1. The predicted molar refractivity (Wildman–Crippen MR) is 127 cm³/mol. The highest BCUT2D eigenvalue weighted by Crippen LogP contribution is 2.36. The van der Waals surface area contributed by atoms with Crippen LogP contribution < -0.4 is 10.1 Å². The Labute approximate surface area is 190 Å². The van der Waals surface area contributed by atoms with E-state index in [1.807, 2.05) is 43.7 Å². The zero-order chi connectivity index (χ0) is 23.1. The molecule has 0 aliphatic carbocycles. The van der Waals surface area contributed by atoms with Crippen molar-refractivity contribution in [2.75, 3.05) is 12.4 Å². The van der Waals surface area contributed by atoms with Crippen LogP contribution in [0, 0.1) is 19.7 Å². The molecule has 0 aliphatic rings. The number of methoxy groups -OCH3 is 1. The van der Waals surface area contributed by atoms with Crippen molar-refractivity contribution >= 4 is 22.4 Å². The van der Waals surface area contributed by atoms with Crippen LogP contribution in [0.1, 0.15) is 11.3 Å². The smallest absolute Gasteiger partial charge is 0.181 e. The van der Waals surface area contributed by atoms with E-state index in [-0.39, 0.29) is 5.82 Å². The molecular formula is C26H23FN4O2. The van der Waals surface area contributed by atoms with Crippen molar-refractivity contribution < 1.29 is 13.5 Å². The number of oxazole rings is 1. The standard InChI is InChI=1S/C26H23FN4O2/c1-15-11-21(24-22(12-15)31(3)26(30-24)17-5-7-18(27)8-6-17)29-19-9-10-20(23(13-19)32-4)25-16(2)28-14-33-25/h5-14,29H,1-4H3. The van der Waals surface area contributed by atoms with Gasteiger partial charge in [0, 0.05) is 24.4 Å². The van der Waals surface area contributed by atoms with Crippen LogP contribution >= 0.6 is 0 Å². The first-order valence-corrected chi connectivity index (χ1v) is 10.5. The van der Waals surface area contributed by atoms with Crippen LogP contribution in [-0.4, -0.2) is 21.6 Å². The van der Waals surface area contributed by atoms with Gasteiger partial charge >= 0.3 is 0 Å². The number of aryl methyl sites for hydroxylation is 3. The molecule has 7 heteroatoms. The lowest BCUT2D eigenvalue weighted by Crippen LogP contribution is -1.96. The number of halogens is 1. The van der Waals surface area contributed by atoms with Gasteiger partial charge in [0.25, 0.3) is 0 Å². The molecule has 33 heavy (non-hydrogen) atoms. The highest BCUT2D eigenvalue weighted by Gasteiger charge is 2.16. The lowest BCUT2D eigenvalue weighted by Gasteiger charge is -2.12. The average Bonchev–Trinajstić information content (AvgIpc) is 3.38. The summed E-state index contributed by atoms with van der Waals surface area (Å²) < 4.78 is 26.6. The first-order valence-electron chi connectivity index (χ1n) is 10.5. The highest BCUT2D eigenvalue weighted by atomic mass is 19.1. The molecule has 0 amide bonds. The Bertz CT molecular complexity index is 1470. The molecule has 2 heterocycles. The summed E-state index contributed by atoms with van der Waals surface area (Å²) in [5, 5.41) is 3.49. The zero-order valence-electron chi connectivity index (χ0n) is 18.8. The summed E-state index contributed by atoms with van der Waals surface area (Å²) in [7, 11) is 3.60. The fraction of sp³-hybridized carbons (Fsp3) is 0.154. The van der Waals surface area contributed by atoms with Gasteiger partial charge < -0.3 is 19.0 Å². The predicted octanol–water partition coefficient (Wildman–Crippen LogP) is 6.40. The minimum atomic E-state index is -0.270. The largest absolute Gasteiger partial charge is 0.496 e. The van der Waals surface area contributed by atoms with Gasteiger partial charge in [-0.15, -0.1) is 0 Å². The quantitative estimate of drug-likeness (QED) is 0.341. The Morgan fingerprint density at radius 3 is 2.52 bits per heavy atom. The number of ether oxygens (including phenoxy) is 1. The third-order valence-corrected chi connectivity index (χ3v) is 5.70. The average molecular weight is 442 g/mol. The fourth-order valence-corrected chi connectivity index (χ4v) is 4.05. The number of benzene rings is 3. The third-order valence-electron chi connectivity index (χ3n) is 5.70. The van der Waals surface area contributed by atoms with Crippen molar-refractivity contribution in [3.63, 3.8) is 0 Å². The van der Waals surface area contributed by atoms with Crippen LogP contribution in [-0.2, 0) is 7.05 Å². The number of hydrogen-bond donors (Lipinski definition) is 1. The van der Waals surface area contributed by atoms with Crippen LogP contribution in [0.15, 0.2) is 65.4 Å². The van der Waals surface area contributed by atoms with E-state index in [9.17, 15) is 4.39 Å². The van der Waals surface area contributed by atoms with Crippen molar-refractivity contribution in [1.82, 2.24) is 14.5 Å². The maximum Gasteiger partial charge on any atom is 0.181 e. The molecule has 0 fully saturated rings. The summed E-state index contributed by atoms with van der Waals surface area (Å²) in [6, 6.07) is 16.4. The first kappa shape index (κ1) is 20.8. The number of nitrogens with zero attached hydrogens (tertiary/aromatic N) is 3. The second-order valence-corrected chi connectivity index (χ2v) is 7.99. The van der Waals surface area contributed by atoms with E-state index in [0.29, 0.717) is 11.5 Å². The molecule has 166 valence electrons. The van der Waals surface area contributed by atoms with Gasteiger partial charge in [-0.05, 0) is 67.9 Å². The number of hydrogen-bond acceptors (Lipinski definition) is 5. The number of rotatable bonds is 5. The van der Waals surface area contributed by atoms with Crippen molar-refractivity contribution in [3.8, 4) is 28.5 Å². The van der Waals surface area contributed by atoms with E-state index in [0.717, 1.165) is 50.6 Å². The van der Waals surface area contributed by atoms with Crippen molar-refractivity contribution in [1.29, 1.82) is 0 Å². The molecule has 0 saturated heterocycles. The van der Waals surface area contributed by atoms with Crippen molar-refractivity contribution in [2.24, 2.45) is 7.05 Å². The van der Waals surface area contributed by atoms with Gasteiger partial charge in [-0.1, -0.05) is 0 Å². The Morgan fingerprint density at radius 1 is 1.03 bits per heavy atom. The number of imidazole rings is 1. The van der Waals surface area contributed by atoms with Crippen molar-refractivity contribution in [2.45, 2.75) is 13.8 Å². The van der Waals surface area contributed by atoms with E-state index >= 15 is 0 Å². The van der Waals surface area contributed by atoms with Crippen LogP contribution in [0.25, 0.3) is 33.7 Å². The second kappa shape index (κ2) is 8.09. The Balaban J connectivity index is 1.57. The minimum Gasteiger partial charge on any atom is -0.496 e. The molecule has 5 rings (SSSR count). The molecule has 0 unspecified atom stereocenters. The molecule has 0 bridgehead atoms. The normalized spacial score (nSPS) is 11.2. The summed E-state index contributed by atoms with van der Waals surface area (Å²) >= 11 is 0. The van der Waals surface area contributed by atoms with E-state index in [2.05, 4.69) is 22.4 Å². The molecule has 0 aliphatic heterocycles. The monoisotopic (exact) mass is 442 g/mol. The SMILES string of the molecule is COc1cc(Nc2cc(C)cc3c2nc(-c2ccc(F)cc2)n3C)ccc1-c1ocnc1C. The molecule has 5 aromatic rings. The third kappa shape index (κ3) is 3.71. The molecule has 0 saturated carbocycles. The van der Waals surface area contributed by atoms with Gasteiger partial charge in [0.15, 0.2) is 12.2 Å². The molecule has 0 radical (unpaired) electrons. The summed E-state index contributed by atoms with van der Waals surface area (Å²) in [4.78, 5) is 9.06. The molecule has 6 nitrogen and oxygen atoms in total. The maximum absolute atomic E-state index is 13.4. The molecule has 0 spiro atoms. The van der Waals surface area contributed by atoms with E-state index in [1.165, 1.54) is 18.5 Å². The second-order valence-electron chi connectivity index (χ2n) is 7.99. The van der Waals surface area contributed by atoms with Crippen molar-refractivity contribution in [3.05, 3.63) is 78.1 Å². The van der Waals surface area contributed by atoms with Crippen LogP contribution in [0.2, 0.25) is 0 Å². The Morgan fingerprint density at radius 2 is 1.82 bits per heavy atom. The van der Waals surface area contributed by atoms with Crippen LogP contribution in [0.5, 0.6) is 5.75 Å². The number of fused-ring (bicyclic) bond motifs is 1. The lowest BCUT2D eigenvalue weighted by molar-refractivity contribution is 0.415. The summed E-state index contributed by atoms with van der Waals surface area (Å²) in [5.41, 5.74) is 7.13. The number of anilines is 2. The van der Waals surface area contributed by atoms with Crippen LogP contribution in [0.3, 0.4) is 0 Å². The minimum absolute atomic E-state index is 0.270. The summed E-state index contributed by atoms with van der Waals surface area (Å²) in [5.74, 6) is 1.86. The number of aromatic nitrogens is 3. The van der Waals surface area contributed by atoms with Gasteiger partial charge in [0.2, 0.25) is 0 Å². The van der Waals surface area contributed by atoms with E-state index < -0.39 is 0 Å². The summed E-state index contributed by atoms with van der Waals surface area (Å²) in [6.07, 6.45) is 1.43. The maximum atomic E-state index is 13.4. The van der Waals surface area contributed by atoms with Crippen LogP contribution in [0.4, 0.5) is 15.8 Å².